The monoisotopic (exact) mass is 285 g/mol. The van der Waals surface area contributed by atoms with E-state index in [9.17, 15) is 9.50 Å². The van der Waals surface area contributed by atoms with Crippen LogP contribution >= 0.6 is 0 Å². The highest BCUT2D eigenvalue weighted by Crippen LogP contribution is 2.32. The Morgan fingerprint density at radius 2 is 1.86 bits per heavy atom. The lowest BCUT2D eigenvalue weighted by Gasteiger charge is -2.36. The molecule has 21 heavy (non-hydrogen) atoms. The molecular weight excluding hydrogens is 265 g/mol. The first kappa shape index (κ1) is 14.2. The number of rotatable bonds is 3. The SMILES string of the molecule is CN(Cc1ccc(F)cc1)C1CCc2ccccc2C1O. The summed E-state index contributed by atoms with van der Waals surface area (Å²) < 4.78 is 13.0. The Morgan fingerprint density at radius 1 is 1.14 bits per heavy atom. The van der Waals surface area contributed by atoms with Crippen LogP contribution in [0.2, 0.25) is 0 Å². The van der Waals surface area contributed by atoms with E-state index in [-0.39, 0.29) is 11.9 Å². The molecule has 110 valence electrons. The molecule has 0 bridgehead atoms. The Hall–Kier alpha value is -1.71. The average Bonchev–Trinajstić information content (AvgIpc) is 2.50. The third kappa shape index (κ3) is 2.99. The molecule has 0 heterocycles. The number of nitrogens with zero attached hydrogens (tertiary/aromatic N) is 1. The van der Waals surface area contributed by atoms with Crippen molar-refractivity contribution in [3.63, 3.8) is 0 Å². The molecule has 1 aliphatic rings. The quantitative estimate of drug-likeness (QED) is 0.935. The van der Waals surface area contributed by atoms with Gasteiger partial charge >= 0.3 is 0 Å². The Bertz CT molecular complexity index is 611. The summed E-state index contributed by atoms with van der Waals surface area (Å²) in [4.78, 5) is 2.16. The first-order valence-corrected chi connectivity index (χ1v) is 7.35. The number of hydrogen-bond donors (Lipinski definition) is 1. The van der Waals surface area contributed by atoms with E-state index in [4.69, 9.17) is 0 Å². The standard InChI is InChI=1S/C18H20FNO/c1-20(12-13-6-9-15(19)10-7-13)17-11-8-14-4-2-3-5-16(14)18(17)21/h2-7,9-10,17-18,21H,8,11-12H2,1H3. The number of hydrogen-bond acceptors (Lipinski definition) is 2. The number of benzene rings is 2. The molecule has 0 saturated heterocycles. The van der Waals surface area contributed by atoms with Crippen LogP contribution in [0.1, 0.15) is 29.2 Å². The van der Waals surface area contributed by atoms with E-state index in [0.717, 1.165) is 24.0 Å². The number of fused-ring (bicyclic) bond motifs is 1. The van der Waals surface area contributed by atoms with Crippen LogP contribution in [0.3, 0.4) is 0 Å². The molecule has 0 fully saturated rings. The minimum Gasteiger partial charge on any atom is -0.387 e. The van der Waals surface area contributed by atoms with Gasteiger partial charge in [0.1, 0.15) is 5.82 Å². The van der Waals surface area contributed by atoms with Gasteiger partial charge in [-0.2, -0.15) is 0 Å². The van der Waals surface area contributed by atoms with Crippen LogP contribution in [-0.4, -0.2) is 23.1 Å². The van der Waals surface area contributed by atoms with Crippen molar-refractivity contribution in [2.24, 2.45) is 0 Å². The van der Waals surface area contributed by atoms with E-state index in [1.54, 1.807) is 12.1 Å². The second-order valence-corrected chi connectivity index (χ2v) is 5.79. The zero-order valence-electron chi connectivity index (χ0n) is 12.2. The molecule has 3 heteroatoms. The fraction of sp³-hybridized carbons (Fsp3) is 0.333. The molecular formula is C18H20FNO. The number of aliphatic hydroxyl groups is 1. The molecule has 2 nitrogen and oxygen atoms in total. The fourth-order valence-corrected chi connectivity index (χ4v) is 3.18. The summed E-state index contributed by atoms with van der Waals surface area (Å²) >= 11 is 0. The fourth-order valence-electron chi connectivity index (χ4n) is 3.18. The molecule has 0 amide bonds. The van der Waals surface area contributed by atoms with Crippen LogP contribution in [-0.2, 0) is 13.0 Å². The van der Waals surface area contributed by atoms with Gasteiger partial charge in [-0.15, -0.1) is 0 Å². The molecule has 3 rings (SSSR count). The minimum atomic E-state index is -0.458. The van der Waals surface area contributed by atoms with Crippen LogP contribution in [0.4, 0.5) is 4.39 Å². The van der Waals surface area contributed by atoms with Crippen molar-refractivity contribution in [3.8, 4) is 0 Å². The van der Waals surface area contributed by atoms with Gasteiger partial charge in [-0.1, -0.05) is 36.4 Å². The number of halogens is 1. The van der Waals surface area contributed by atoms with Crippen LogP contribution in [0.25, 0.3) is 0 Å². The largest absolute Gasteiger partial charge is 0.387 e. The summed E-state index contributed by atoms with van der Waals surface area (Å²) in [6.07, 6.45) is 1.47. The van der Waals surface area contributed by atoms with Gasteiger partial charge < -0.3 is 5.11 Å². The third-order valence-electron chi connectivity index (χ3n) is 4.36. The van der Waals surface area contributed by atoms with Gasteiger partial charge in [0.15, 0.2) is 0 Å². The number of likely N-dealkylation sites (N-methyl/N-ethyl adjacent to an activating group) is 1. The van der Waals surface area contributed by atoms with E-state index < -0.39 is 6.10 Å². The predicted molar refractivity (Wildman–Crippen MR) is 81.4 cm³/mol. The lowest BCUT2D eigenvalue weighted by molar-refractivity contribution is 0.0462. The highest BCUT2D eigenvalue weighted by atomic mass is 19.1. The highest BCUT2D eigenvalue weighted by molar-refractivity contribution is 5.32. The van der Waals surface area contributed by atoms with Crippen LogP contribution in [0, 0.1) is 5.82 Å². The number of aliphatic hydroxyl groups excluding tert-OH is 1. The predicted octanol–water partition coefficient (Wildman–Crippen LogP) is 3.31. The molecule has 2 aromatic rings. The molecule has 0 spiro atoms. The van der Waals surface area contributed by atoms with E-state index >= 15 is 0 Å². The molecule has 0 radical (unpaired) electrons. The van der Waals surface area contributed by atoms with Gasteiger partial charge in [0, 0.05) is 12.6 Å². The van der Waals surface area contributed by atoms with E-state index in [1.807, 2.05) is 25.2 Å². The van der Waals surface area contributed by atoms with Gasteiger partial charge in [0.05, 0.1) is 6.10 Å². The van der Waals surface area contributed by atoms with Gasteiger partial charge in [-0.25, -0.2) is 4.39 Å². The van der Waals surface area contributed by atoms with E-state index in [1.165, 1.54) is 17.7 Å². The molecule has 0 aromatic heterocycles. The van der Waals surface area contributed by atoms with Crippen molar-refractivity contribution < 1.29 is 9.50 Å². The second kappa shape index (κ2) is 5.96. The normalized spacial score (nSPS) is 21.3. The first-order chi connectivity index (χ1) is 10.1. The second-order valence-electron chi connectivity index (χ2n) is 5.79. The third-order valence-corrected chi connectivity index (χ3v) is 4.36. The topological polar surface area (TPSA) is 23.5 Å². The summed E-state index contributed by atoms with van der Waals surface area (Å²) in [5.74, 6) is -0.215. The van der Waals surface area contributed by atoms with Crippen molar-refractivity contribution in [2.75, 3.05) is 7.05 Å². The maximum Gasteiger partial charge on any atom is 0.123 e. The Morgan fingerprint density at radius 3 is 2.62 bits per heavy atom. The highest BCUT2D eigenvalue weighted by Gasteiger charge is 2.30. The van der Waals surface area contributed by atoms with Crippen molar-refractivity contribution in [1.29, 1.82) is 0 Å². The Kier molecular flexibility index (Phi) is 4.04. The average molecular weight is 285 g/mol. The zero-order chi connectivity index (χ0) is 14.8. The Balaban J connectivity index is 1.74. The van der Waals surface area contributed by atoms with Gasteiger partial charge in [-0.05, 0) is 48.7 Å². The van der Waals surface area contributed by atoms with Crippen molar-refractivity contribution in [2.45, 2.75) is 31.5 Å². The van der Waals surface area contributed by atoms with Crippen molar-refractivity contribution in [1.82, 2.24) is 4.90 Å². The maximum absolute atomic E-state index is 13.0. The first-order valence-electron chi connectivity index (χ1n) is 7.35. The van der Waals surface area contributed by atoms with Crippen LogP contribution in [0.15, 0.2) is 48.5 Å². The lowest BCUT2D eigenvalue weighted by Crippen LogP contribution is -2.39. The molecule has 1 aliphatic carbocycles. The summed E-state index contributed by atoms with van der Waals surface area (Å²) in [7, 11) is 2.02. The van der Waals surface area contributed by atoms with Gasteiger partial charge in [0.25, 0.3) is 0 Å². The maximum atomic E-state index is 13.0. The molecule has 1 N–H and O–H groups in total. The molecule has 2 aromatic carbocycles. The van der Waals surface area contributed by atoms with Crippen molar-refractivity contribution in [3.05, 3.63) is 71.0 Å². The molecule has 0 saturated carbocycles. The summed E-state index contributed by atoms with van der Waals surface area (Å²) in [5, 5.41) is 10.6. The van der Waals surface area contributed by atoms with Gasteiger partial charge in [-0.3, -0.25) is 4.90 Å². The van der Waals surface area contributed by atoms with Crippen molar-refractivity contribution >= 4 is 0 Å². The van der Waals surface area contributed by atoms with Crippen LogP contribution in [0.5, 0.6) is 0 Å². The summed E-state index contributed by atoms with van der Waals surface area (Å²) in [6.45, 7) is 0.712. The van der Waals surface area contributed by atoms with E-state index in [2.05, 4.69) is 11.0 Å². The summed E-state index contributed by atoms with van der Waals surface area (Å²) in [6, 6.07) is 14.8. The lowest BCUT2D eigenvalue weighted by atomic mass is 9.85. The zero-order valence-corrected chi connectivity index (χ0v) is 12.2. The Labute approximate surface area is 124 Å². The summed E-state index contributed by atoms with van der Waals surface area (Å²) in [5.41, 5.74) is 3.35. The van der Waals surface area contributed by atoms with Gasteiger partial charge in [0.2, 0.25) is 0 Å². The van der Waals surface area contributed by atoms with E-state index in [0.29, 0.717) is 6.54 Å². The molecule has 0 aliphatic heterocycles. The number of aryl methyl sites for hydroxylation is 1. The minimum absolute atomic E-state index is 0.102. The smallest absolute Gasteiger partial charge is 0.123 e. The van der Waals surface area contributed by atoms with Crippen LogP contribution < -0.4 is 0 Å². The molecule has 2 atom stereocenters. The molecule has 2 unspecified atom stereocenters.